The second-order valence-electron chi connectivity index (χ2n) is 4.35. The highest BCUT2D eigenvalue weighted by Crippen LogP contribution is 2.31. The fraction of sp³-hybridized carbons (Fsp3) is 0. The molecule has 21 heavy (non-hydrogen) atoms. The lowest BCUT2D eigenvalue weighted by molar-refractivity contribution is 0.446. The molecule has 1 aromatic carbocycles. The van der Waals surface area contributed by atoms with Gasteiger partial charge >= 0.3 is 0 Å². The lowest BCUT2D eigenvalue weighted by atomic mass is 10.2. The molecule has 0 amide bonds. The van der Waals surface area contributed by atoms with Crippen molar-refractivity contribution in [2.45, 2.75) is 0 Å². The lowest BCUT2D eigenvalue weighted by Crippen LogP contribution is -1.98. The van der Waals surface area contributed by atoms with Crippen LogP contribution in [0.25, 0.3) is 16.6 Å². The van der Waals surface area contributed by atoms with Gasteiger partial charge in [0, 0.05) is 11.6 Å². The van der Waals surface area contributed by atoms with Crippen molar-refractivity contribution in [3.05, 3.63) is 42.9 Å². The minimum Gasteiger partial charge on any atom is -0.437 e. The van der Waals surface area contributed by atoms with Gasteiger partial charge in [-0.05, 0) is 34.7 Å². The standard InChI is InChI=1S/C13H9N7O/c14-9-3-4-10(8-2-1-5-16-13(8)9)21-12-7-15-6-11-17-18-19-20(11)12/h1-7H,14H2. The molecule has 0 aliphatic rings. The van der Waals surface area contributed by atoms with Crippen LogP contribution >= 0.6 is 0 Å². The predicted octanol–water partition coefficient (Wildman–Crippen LogP) is 1.44. The first-order valence-corrected chi connectivity index (χ1v) is 6.16. The molecule has 4 rings (SSSR count). The normalized spacial score (nSPS) is 11.0. The molecular weight excluding hydrogens is 270 g/mol. The summed E-state index contributed by atoms with van der Waals surface area (Å²) in [5, 5.41) is 12.1. The minimum absolute atomic E-state index is 0.410. The van der Waals surface area contributed by atoms with Gasteiger partial charge in [-0.25, -0.2) is 0 Å². The number of rotatable bonds is 2. The number of pyridine rings is 1. The molecule has 0 saturated heterocycles. The Morgan fingerprint density at radius 1 is 1.14 bits per heavy atom. The van der Waals surface area contributed by atoms with E-state index in [9.17, 15) is 0 Å². The van der Waals surface area contributed by atoms with E-state index in [4.69, 9.17) is 10.5 Å². The first-order valence-electron chi connectivity index (χ1n) is 6.16. The Labute approximate surface area is 118 Å². The van der Waals surface area contributed by atoms with Gasteiger partial charge in [0.25, 0.3) is 0 Å². The van der Waals surface area contributed by atoms with E-state index in [1.807, 2.05) is 12.1 Å². The van der Waals surface area contributed by atoms with Crippen LogP contribution in [-0.4, -0.2) is 30.0 Å². The number of ether oxygens (including phenoxy) is 1. The molecule has 0 aliphatic carbocycles. The quantitative estimate of drug-likeness (QED) is 0.553. The lowest BCUT2D eigenvalue weighted by Gasteiger charge is -2.09. The number of hydrogen-bond donors (Lipinski definition) is 1. The van der Waals surface area contributed by atoms with Crippen LogP contribution in [0.2, 0.25) is 0 Å². The fourth-order valence-electron chi connectivity index (χ4n) is 2.09. The van der Waals surface area contributed by atoms with E-state index in [-0.39, 0.29) is 0 Å². The topological polar surface area (TPSA) is 104 Å². The highest BCUT2D eigenvalue weighted by atomic mass is 16.5. The van der Waals surface area contributed by atoms with Crippen LogP contribution in [0.3, 0.4) is 0 Å². The second kappa shape index (κ2) is 4.37. The predicted molar refractivity (Wildman–Crippen MR) is 74.8 cm³/mol. The van der Waals surface area contributed by atoms with Gasteiger partial charge in [0.1, 0.15) is 5.75 Å². The summed E-state index contributed by atoms with van der Waals surface area (Å²) in [4.78, 5) is 8.32. The maximum absolute atomic E-state index is 5.92. The van der Waals surface area contributed by atoms with Crippen molar-refractivity contribution in [3.8, 4) is 11.6 Å². The molecule has 0 fully saturated rings. The number of nitrogen functional groups attached to an aromatic ring is 1. The number of fused-ring (bicyclic) bond motifs is 2. The average Bonchev–Trinajstić information content (AvgIpc) is 3.00. The molecule has 2 N–H and O–H groups in total. The summed E-state index contributed by atoms with van der Waals surface area (Å²) < 4.78 is 7.34. The zero-order valence-corrected chi connectivity index (χ0v) is 10.7. The summed E-state index contributed by atoms with van der Waals surface area (Å²) >= 11 is 0. The molecule has 0 atom stereocenters. The van der Waals surface area contributed by atoms with E-state index < -0.39 is 0 Å². The summed E-state index contributed by atoms with van der Waals surface area (Å²) in [6, 6.07) is 7.24. The third-order valence-corrected chi connectivity index (χ3v) is 3.05. The third kappa shape index (κ3) is 1.81. The molecule has 4 aromatic rings. The Hall–Kier alpha value is -3.29. The first kappa shape index (κ1) is 11.5. The van der Waals surface area contributed by atoms with Crippen LogP contribution in [0.5, 0.6) is 11.6 Å². The van der Waals surface area contributed by atoms with Crippen LogP contribution in [-0.2, 0) is 0 Å². The maximum Gasteiger partial charge on any atom is 0.242 e. The van der Waals surface area contributed by atoms with Crippen molar-refractivity contribution in [1.82, 2.24) is 30.0 Å². The Bertz CT molecular complexity index is 949. The SMILES string of the molecule is Nc1ccc(Oc2cncc3nnnn23)c2cccnc12. The molecule has 0 radical (unpaired) electrons. The van der Waals surface area contributed by atoms with Crippen LogP contribution in [0.15, 0.2) is 42.9 Å². The minimum atomic E-state index is 0.410. The number of anilines is 1. The number of aromatic nitrogens is 6. The third-order valence-electron chi connectivity index (χ3n) is 3.05. The number of tetrazole rings is 1. The monoisotopic (exact) mass is 279 g/mol. The summed E-state index contributed by atoms with van der Waals surface area (Å²) in [5.74, 6) is 1.02. The van der Waals surface area contributed by atoms with Gasteiger partial charge in [-0.3, -0.25) is 9.97 Å². The zero-order valence-electron chi connectivity index (χ0n) is 10.7. The number of benzene rings is 1. The molecule has 8 nitrogen and oxygen atoms in total. The summed E-state index contributed by atoms with van der Waals surface area (Å²) in [6.45, 7) is 0. The van der Waals surface area contributed by atoms with Crippen molar-refractivity contribution in [2.24, 2.45) is 0 Å². The van der Waals surface area contributed by atoms with E-state index in [2.05, 4.69) is 25.5 Å². The van der Waals surface area contributed by atoms with Crippen molar-refractivity contribution in [3.63, 3.8) is 0 Å². The fourth-order valence-corrected chi connectivity index (χ4v) is 2.09. The Kier molecular flexibility index (Phi) is 2.40. The van der Waals surface area contributed by atoms with Crippen molar-refractivity contribution in [2.75, 3.05) is 5.73 Å². The van der Waals surface area contributed by atoms with Crippen molar-refractivity contribution in [1.29, 1.82) is 0 Å². The number of hydrogen-bond acceptors (Lipinski definition) is 7. The maximum atomic E-state index is 5.92. The van der Waals surface area contributed by atoms with Crippen LogP contribution in [0, 0.1) is 0 Å². The first-order chi connectivity index (χ1) is 10.3. The van der Waals surface area contributed by atoms with Crippen LogP contribution in [0.4, 0.5) is 5.69 Å². The molecule has 3 aromatic heterocycles. The molecule has 0 spiro atoms. The van der Waals surface area contributed by atoms with Gasteiger partial charge < -0.3 is 10.5 Å². The molecule has 0 saturated carbocycles. The van der Waals surface area contributed by atoms with E-state index in [0.29, 0.717) is 28.5 Å². The molecule has 0 bridgehead atoms. The number of nitrogens with zero attached hydrogens (tertiary/aromatic N) is 6. The molecular formula is C13H9N7O. The summed E-state index contributed by atoms with van der Waals surface area (Å²) in [7, 11) is 0. The highest BCUT2D eigenvalue weighted by molar-refractivity contribution is 5.93. The van der Waals surface area contributed by atoms with Gasteiger partial charge in [0.2, 0.25) is 11.5 Å². The Morgan fingerprint density at radius 3 is 3.05 bits per heavy atom. The van der Waals surface area contributed by atoms with Gasteiger partial charge in [-0.1, -0.05) is 0 Å². The second-order valence-corrected chi connectivity index (χ2v) is 4.35. The van der Waals surface area contributed by atoms with Crippen molar-refractivity contribution < 1.29 is 4.74 Å². The molecule has 102 valence electrons. The summed E-state index contributed by atoms with van der Waals surface area (Å²) in [6.07, 6.45) is 4.78. The molecule has 0 unspecified atom stereocenters. The largest absolute Gasteiger partial charge is 0.437 e. The van der Waals surface area contributed by atoms with E-state index >= 15 is 0 Å². The Morgan fingerprint density at radius 2 is 2.10 bits per heavy atom. The molecule has 0 aliphatic heterocycles. The van der Waals surface area contributed by atoms with Gasteiger partial charge in [-0.2, -0.15) is 4.52 Å². The van der Waals surface area contributed by atoms with Crippen LogP contribution < -0.4 is 10.5 Å². The van der Waals surface area contributed by atoms with Crippen molar-refractivity contribution >= 4 is 22.2 Å². The average molecular weight is 279 g/mol. The van der Waals surface area contributed by atoms with E-state index in [1.54, 1.807) is 30.7 Å². The van der Waals surface area contributed by atoms with Gasteiger partial charge in [-0.15, -0.1) is 5.10 Å². The Balaban J connectivity index is 1.88. The summed E-state index contributed by atoms with van der Waals surface area (Å²) in [5.41, 5.74) is 7.71. The number of nitrogens with two attached hydrogens (primary N) is 1. The van der Waals surface area contributed by atoms with Gasteiger partial charge in [0.05, 0.1) is 23.6 Å². The van der Waals surface area contributed by atoms with E-state index in [1.165, 1.54) is 4.52 Å². The molecule has 3 heterocycles. The zero-order chi connectivity index (χ0) is 14.2. The molecule has 8 heteroatoms. The van der Waals surface area contributed by atoms with Gasteiger partial charge in [0.15, 0.2) is 0 Å². The van der Waals surface area contributed by atoms with E-state index in [0.717, 1.165) is 5.39 Å². The van der Waals surface area contributed by atoms with Crippen LogP contribution in [0.1, 0.15) is 0 Å². The highest BCUT2D eigenvalue weighted by Gasteiger charge is 2.10. The smallest absolute Gasteiger partial charge is 0.242 e.